The second-order valence-electron chi connectivity index (χ2n) is 6.06. The lowest BCUT2D eigenvalue weighted by Gasteiger charge is -2.08. The summed E-state index contributed by atoms with van der Waals surface area (Å²) in [5.74, 6) is 0.391. The Labute approximate surface area is 147 Å². The van der Waals surface area contributed by atoms with Gasteiger partial charge in [-0.2, -0.15) is 18.3 Å². The maximum Gasteiger partial charge on any atom is 0.416 e. The Balaban J connectivity index is 1.95. The summed E-state index contributed by atoms with van der Waals surface area (Å²) in [7, 11) is 0. The lowest BCUT2D eigenvalue weighted by atomic mass is 10.1. The van der Waals surface area contributed by atoms with E-state index >= 15 is 0 Å². The van der Waals surface area contributed by atoms with Crippen LogP contribution >= 0.6 is 0 Å². The summed E-state index contributed by atoms with van der Waals surface area (Å²) in [5, 5.41) is 4.22. The monoisotopic (exact) mass is 362 g/mol. The molecule has 0 radical (unpaired) electrons. The minimum Gasteiger partial charge on any atom is -0.399 e. The third-order valence-corrected chi connectivity index (χ3v) is 4.12. The van der Waals surface area contributed by atoms with Crippen molar-refractivity contribution in [3.8, 4) is 5.69 Å². The van der Waals surface area contributed by atoms with Crippen LogP contribution in [-0.2, 0) is 12.7 Å². The largest absolute Gasteiger partial charge is 0.416 e. The normalized spacial score (nSPS) is 11.7. The van der Waals surface area contributed by atoms with Gasteiger partial charge >= 0.3 is 11.9 Å². The lowest BCUT2D eigenvalue weighted by Crippen LogP contribution is -2.24. The van der Waals surface area contributed by atoms with Crippen LogP contribution in [0.3, 0.4) is 0 Å². The van der Waals surface area contributed by atoms with E-state index in [1.807, 2.05) is 13.0 Å². The van der Waals surface area contributed by atoms with Crippen molar-refractivity contribution in [2.45, 2.75) is 26.6 Å². The van der Waals surface area contributed by atoms with Crippen LogP contribution in [0.1, 0.15) is 22.5 Å². The van der Waals surface area contributed by atoms with Crippen LogP contribution in [0.4, 0.5) is 18.9 Å². The lowest BCUT2D eigenvalue weighted by molar-refractivity contribution is -0.137. The first-order valence-electron chi connectivity index (χ1n) is 7.86. The number of rotatable bonds is 3. The van der Waals surface area contributed by atoms with Crippen LogP contribution < -0.4 is 11.4 Å². The first-order chi connectivity index (χ1) is 12.2. The minimum absolute atomic E-state index is 0.244. The molecule has 0 unspecified atom stereocenters. The van der Waals surface area contributed by atoms with Gasteiger partial charge in [0.1, 0.15) is 5.82 Å². The third kappa shape index (κ3) is 3.35. The van der Waals surface area contributed by atoms with E-state index in [1.165, 1.54) is 21.4 Å². The number of nitrogens with two attached hydrogens (primary N) is 1. The van der Waals surface area contributed by atoms with Crippen LogP contribution in [0.2, 0.25) is 0 Å². The highest BCUT2D eigenvalue weighted by Crippen LogP contribution is 2.29. The van der Waals surface area contributed by atoms with E-state index in [1.54, 1.807) is 19.1 Å². The number of halogens is 3. The molecule has 0 fully saturated rings. The van der Waals surface area contributed by atoms with Gasteiger partial charge in [0.25, 0.3) is 0 Å². The van der Waals surface area contributed by atoms with Gasteiger partial charge in [0.2, 0.25) is 0 Å². The molecule has 1 heterocycles. The van der Waals surface area contributed by atoms with Crippen LogP contribution in [0.25, 0.3) is 5.69 Å². The van der Waals surface area contributed by atoms with E-state index in [0.717, 1.165) is 23.3 Å². The maximum absolute atomic E-state index is 12.7. The molecule has 0 amide bonds. The summed E-state index contributed by atoms with van der Waals surface area (Å²) < 4.78 is 40.6. The molecule has 0 spiro atoms. The Morgan fingerprint density at radius 1 is 1.08 bits per heavy atom. The van der Waals surface area contributed by atoms with Gasteiger partial charge < -0.3 is 5.73 Å². The van der Waals surface area contributed by atoms with Gasteiger partial charge in [0.15, 0.2) is 0 Å². The predicted molar refractivity (Wildman–Crippen MR) is 92.3 cm³/mol. The van der Waals surface area contributed by atoms with Crippen molar-refractivity contribution in [2.75, 3.05) is 5.73 Å². The molecule has 1 aromatic heterocycles. The van der Waals surface area contributed by atoms with Gasteiger partial charge in [-0.25, -0.2) is 14.0 Å². The molecule has 0 saturated heterocycles. The van der Waals surface area contributed by atoms with Gasteiger partial charge in [-0.15, -0.1) is 0 Å². The van der Waals surface area contributed by atoms with E-state index < -0.39 is 17.4 Å². The standard InChI is InChI=1S/C18H17F3N4O/c1-11-9-13(3-8-16(11)22)10-24-17(26)25(12(2)23-24)15-6-4-14(5-7-15)18(19,20)21/h3-9H,10,22H2,1-2H3. The summed E-state index contributed by atoms with van der Waals surface area (Å²) in [6.45, 7) is 3.74. The van der Waals surface area contributed by atoms with Gasteiger partial charge in [-0.05, 0) is 55.3 Å². The quantitative estimate of drug-likeness (QED) is 0.727. The second kappa shape index (κ2) is 6.36. The first kappa shape index (κ1) is 17.8. The Hall–Kier alpha value is -3.03. The van der Waals surface area contributed by atoms with Crippen LogP contribution in [0.5, 0.6) is 0 Å². The summed E-state index contributed by atoms with van der Waals surface area (Å²) in [6.07, 6.45) is -4.42. The Kier molecular flexibility index (Phi) is 4.35. The van der Waals surface area contributed by atoms with E-state index in [4.69, 9.17) is 5.73 Å². The summed E-state index contributed by atoms with van der Waals surface area (Å²) >= 11 is 0. The minimum atomic E-state index is -4.42. The van der Waals surface area contributed by atoms with Crippen LogP contribution in [0, 0.1) is 13.8 Å². The first-order valence-corrected chi connectivity index (χ1v) is 7.86. The molecule has 2 N–H and O–H groups in total. The number of benzene rings is 2. The number of anilines is 1. The Morgan fingerprint density at radius 2 is 1.73 bits per heavy atom. The van der Waals surface area contributed by atoms with E-state index in [9.17, 15) is 18.0 Å². The van der Waals surface area contributed by atoms with Crippen molar-refractivity contribution < 1.29 is 13.2 Å². The fourth-order valence-electron chi connectivity index (χ4n) is 2.72. The van der Waals surface area contributed by atoms with Crippen molar-refractivity contribution in [2.24, 2.45) is 0 Å². The number of nitrogens with zero attached hydrogens (tertiary/aromatic N) is 3. The van der Waals surface area contributed by atoms with Crippen LogP contribution in [-0.4, -0.2) is 14.3 Å². The molecular formula is C18H17F3N4O. The number of nitrogen functional groups attached to an aromatic ring is 1. The molecule has 0 saturated carbocycles. The molecule has 26 heavy (non-hydrogen) atoms. The Bertz CT molecular complexity index is 1000. The van der Waals surface area contributed by atoms with Gasteiger partial charge in [-0.1, -0.05) is 12.1 Å². The van der Waals surface area contributed by atoms with Crippen molar-refractivity contribution in [3.05, 3.63) is 75.5 Å². The molecule has 3 rings (SSSR count). The summed E-state index contributed by atoms with van der Waals surface area (Å²) in [5.41, 5.74) is 7.35. The number of hydrogen-bond acceptors (Lipinski definition) is 3. The molecule has 5 nitrogen and oxygen atoms in total. The van der Waals surface area contributed by atoms with Crippen LogP contribution in [0.15, 0.2) is 47.3 Å². The molecule has 0 aliphatic rings. The van der Waals surface area contributed by atoms with E-state index in [-0.39, 0.29) is 6.54 Å². The molecule has 2 aromatic carbocycles. The Morgan fingerprint density at radius 3 is 2.31 bits per heavy atom. The highest BCUT2D eigenvalue weighted by atomic mass is 19.4. The molecule has 136 valence electrons. The smallest absolute Gasteiger partial charge is 0.399 e. The van der Waals surface area contributed by atoms with E-state index in [0.29, 0.717) is 17.2 Å². The summed E-state index contributed by atoms with van der Waals surface area (Å²) in [6, 6.07) is 9.85. The molecule has 0 aliphatic carbocycles. The second-order valence-corrected chi connectivity index (χ2v) is 6.06. The van der Waals surface area contributed by atoms with Gasteiger partial charge in [0, 0.05) is 5.69 Å². The third-order valence-electron chi connectivity index (χ3n) is 4.12. The van der Waals surface area contributed by atoms with Gasteiger partial charge in [0.05, 0.1) is 17.8 Å². The number of alkyl halides is 3. The topological polar surface area (TPSA) is 65.8 Å². The molecular weight excluding hydrogens is 345 g/mol. The zero-order valence-electron chi connectivity index (χ0n) is 14.2. The van der Waals surface area contributed by atoms with Gasteiger partial charge in [-0.3, -0.25) is 0 Å². The molecule has 0 atom stereocenters. The summed E-state index contributed by atoms with van der Waals surface area (Å²) in [4.78, 5) is 12.6. The zero-order valence-corrected chi connectivity index (χ0v) is 14.2. The fraction of sp³-hybridized carbons (Fsp3) is 0.222. The zero-order chi connectivity index (χ0) is 19.1. The number of hydrogen-bond donors (Lipinski definition) is 1. The highest BCUT2D eigenvalue weighted by molar-refractivity contribution is 5.47. The van der Waals surface area contributed by atoms with Crippen molar-refractivity contribution in [1.29, 1.82) is 0 Å². The molecule has 0 aliphatic heterocycles. The van der Waals surface area contributed by atoms with Crippen molar-refractivity contribution >= 4 is 5.69 Å². The average Bonchev–Trinajstić information content (AvgIpc) is 2.84. The van der Waals surface area contributed by atoms with Crippen molar-refractivity contribution in [3.63, 3.8) is 0 Å². The highest BCUT2D eigenvalue weighted by Gasteiger charge is 2.30. The number of aromatic nitrogens is 3. The maximum atomic E-state index is 12.7. The van der Waals surface area contributed by atoms with E-state index in [2.05, 4.69) is 5.10 Å². The SMILES string of the molecule is Cc1cc(Cn2nc(C)n(-c3ccc(C(F)(F)F)cc3)c2=O)ccc1N. The molecule has 8 heteroatoms. The molecule has 0 bridgehead atoms. The van der Waals surface area contributed by atoms with Crippen molar-refractivity contribution in [1.82, 2.24) is 14.3 Å². The molecule has 3 aromatic rings. The average molecular weight is 362 g/mol. The fourth-order valence-corrected chi connectivity index (χ4v) is 2.72. The number of aryl methyl sites for hydroxylation is 2. The predicted octanol–water partition coefficient (Wildman–Crippen LogP) is 3.30.